The summed E-state index contributed by atoms with van der Waals surface area (Å²) >= 11 is 0. The molecule has 0 spiro atoms. The topological polar surface area (TPSA) is 91.9 Å². The number of aromatic nitrogens is 1. The van der Waals surface area contributed by atoms with Crippen LogP contribution in [0.25, 0.3) is 10.9 Å². The highest BCUT2D eigenvalue weighted by atomic mass is 16.5. The molecule has 2 heterocycles. The number of fused-ring (bicyclic) bond motifs is 1. The average Bonchev–Trinajstić information content (AvgIpc) is 2.97. The van der Waals surface area contributed by atoms with Crippen molar-refractivity contribution in [1.29, 1.82) is 0 Å². The quantitative estimate of drug-likeness (QED) is 0.891. The van der Waals surface area contributed by atoms with Crippen molar-refractivity contribution in [2.45, 2.75) is 12.5 Å². The van der Waals surface area contributed by atoms with Gasteiger partial charge in [0.25, 0.3) is 5.91 Å². The van der Waals surface area contributed by atoms with E-state index in [1.54, 1.807) is 18.1 Å². The van der Waals surface area contributed by atoms with Crippen LogP contribution in [0.3, 0.4) is 0 Å². The molecule has 7 nitrogen and oxygen atoms in total. The highest BCUT2D eigenvalue weighted by Gasteiger charge is 2.30. The van der Waals surface area contributed by atoms with Crippen LogP contribution in [0, 0.1) is 0 Å². The number of amides is 1. The van der Waals surface area contributed by atoms with Gasteiger partial charge in [-0.2, -0.15) is 0 Å². The Morgan fingerprint density at radius 2 is 2.26 bits per heavy atom. The molecule has 1 aliphatic heterocycles. The number of carboxylic acids is 1. The first-order chi connectivity index (χ1) is 11.1. The summed E-state index contributed by atoms with van der Waals surface area (Å²) < 4.78 is 10.5. The van der Waals surface area contributed by atoms with Crippen LogP contribution < -0.4 is 4.74 Å². The van der Waals surface area contributed by atoms with Gasteiger partial charge in [0.05, 0.1) is 32.8 Å². The number of rotatable bonds is 4. The van der Waals surface area contributed by atoms with Crippen LogP contribution in [-0.2, 0) is 9.53 Å². The molecule has 1 aromatic heterocycles. The van der Waals surface area contributed by atoms with E-state index in [-0.39, 0.29) is 18.9 Å². The molecule has 1 saturated heterocycles. The Balaban J connectivity index is 1.87. The third kappa shape index (κ3) is 3.14. The van der Waals surface area contributed by atoms with E-state index in [0.29, 0.717) is 24.6 Å². The highest BCUT2D eigenvalue weighted by molar-refractivity contribution is 5.98. The van der Waals surface area contributed by atoms with E-state index in [0.717, 1.165) is 10.9 Å². The van der Waals surface area contributed by atoms with Crippen molar-refractivity contribution in [2.75, 3.05) is 26.9 Å². The lowest BCUT2D eigenvalue weighted by atomic mass is 10.1. The van der Waals surface area contributed by atoms with Crippen LogP contribution in [0.15, 0.2) is 24.3 Å². The second-order valence-electron chi connectivity index (χ2n) is 5.46. The number of hydrogen-bond donors (Lipinski definition) is 2. The van der Waals surface area contributed by atoms with E-state index in [9.17, 15) is 9.59 Å². The average molecular weight is 318 g/mol. The van der Waals surface area contributed by atoms with Crippen LogP contribution >= 0.6 is 0 Å². The summed E-state index contributed by atoms with van der Waals surface area (Å²) in [6.45, 7) is 1.04. The number of methoxy groups -OCH3 is 1. The largest absolute Gasteiger partial charge is 0.497 e. The van der Waals surface area contributed by atoms with Gasteiger partial charge in [-0.25, -0.2) is 0 Å². The Labute approximate surface area is 132 Å². The van der Waals surface area contributed by atoms with Crippen molar-refractivity contribution in [2.24, 2.45) is 0 Å². The molecule has 7 heteroatoms. The lowest BCUT2D eigenvalue weighted by Crippen LogP contribution is -2.49. The molecular formula is C16H18N2O5. The molecule has 0 radical (unpaired) electrons. The van der Waals surface area contributed by atoms with E-state index in [1.165, 1.54) is 0 Å². The zero-order chi connectivity index (χ0) is 16.4. The normalized spacial score (nSPS) is 18.1. The van der Waals surface area contributed by atoms with Crippen LogP contribution in [-0.4, -0.2) is 59.8 Å². The minimum atomic E-state index is -0.945. The van der Waals surface area contributed by atoms with Gasteiger partial charge >= 0.3 is 5.97 Å². The molecule has 122 valence electrons. The number of hydrogen-bond acceptors (Lipinski definition) is 4. The first kappa shape index (κ1) is 15.4. The van der Waals surface area contributed by atoms with Gasteiger partial charge in [-0.3, -0.25) is 9.59 Å². The van der Waals surface area contributed by atoms with E-state index in [1.807, 2.05) is 18.2 Å². The van der Waals surface area contributed by atoms with E-state index >= 15 is 0 Å². The molecule has 1 aliphatic rings. The third-order valence-corrected chi connectivity index (χ3v) is 3.96. The van der Waals surface area contributed by atoms with Gasteiger partial charge in [0.15, 0.2) is 0 Å². The molecule has 2 N–H and O–H groups in total. The maximum atomic E-state index is 12.7. The minimum absolute atomic E-state index is 0.125. The number of benzene rings is 1. The summed E-state index contributed by atoms with van der Waals surface area (Å²) in [6.07, 6.45) is -0.125. The van der Waals surface area contributed by atoms with Crippen molar-refractivity contribution < 1.29 is 24.2 Å². The van der Waals surface area contributed by atoms with Crippen LogP contribution in [0.1, 0.15) is 16.9 Å². The molecular weight excluding hydrogens is 300 g/mol. The lowest BCUT2D eigenvalue weighted by Gasteiger charge is -2.34. The number of carboxylic acid groups (broad SMARTS) is 1. The second-order valence-corrected chi connectivity index (χ2v) is 5.46. The summed E-state index contributed by atoms with van der Waals surface area (Å²) in [5.41, 5.74) is 1.27. The van der Waals surface area contributed by atoms with Crippen molar-refractivity contribution in [3.63, 3.8) is 0 Å². The van der Waals surface area contributed by atoms with E-state index < -0.39 is 12.0 Å². The maximum absolute atomic E-state index is 12.7. The number of carbonyl (C=O) groups is 2. The number of H-pyrrole nitrogens is 1. The van der Waals surface area contributed by atoms with Gasteiger partial charge in [-0.1, -0.05) is 0 Å². The van der Waals surface area contributed by atoms with Gasteiger partial charge in [-0.15, -0.1) is 0 Å². The summed E-state index contributed by atoms with van der Waals surface area (Å²) in [5.74, 6) is -0.444. The number of ether oxygens (including phenoxy) is 2. The fourth-order valence-corrected chi connectivity index (χ4v) is 2.80. The highest BCUT2D eigenvalue weighted by Crippen LogP contribution is 2.23. The molecule has 23 heavy (non-hydrogen) atoms. The van der Waals surface area contributed by atoms with Crippen molar-refractivity contribution >= 4 is 22.8 Å². The monoisotopic (exact) mass is 318 g/mol. The Kier molecular flexibility index (Phi) is 4.20. The predicted molar refractivity (Wildman–Crippen MR) is 82.7 cm³/mol. The Morgan fingerprint density at radius 3 is 3.00 bits per heavy atom. The molecule has 0 aliphatic carbocycles. The van der Waals surface area contributed by atoms with Crippen LogP contribution in [0.2, 0.25) is 0 Å². The predicted octanol–water partition coefficient (Wildman–Crippen LogP) is 1.49. The summed E-state index contributed by atoms with van der Waals surface area (Å²) in [5, 5.41) is 9.86. The fraction of sp³-hybridized carbons (Fsp3) is 0.375. The molecule has 1 atom stereocenters. The Bertz CT molecular complexity index is 739. The van der Waals surface area contributed by atoms with Crippen molar-refractivity contribution in [3.8, 4) is 5.75 Å². The molecule has 0 saturated carbocycles. The summed E-state index contributed by atoms with van der Waals surface area (Å²) in [6, 6.07) is 6.81. The van der Waals surface area contributed by atoms with Crippen molar-refractivity contribution in [3.05, 3.63) is 30.0 Å². The zero-order valence-corrected chi connectivity index (χ0v) is 12.7. The minimum Gasteiger partial charge on any atom is -0.497 e. The summed E-state index contributed by atoms with van der Waals surface area (Å²) in [7, 11) is 1.59. The lowest BCUT2D eigenvalue weighted by molar-refractivity contribution is -0.139. The number of nitrogens with one attached hydrogen (secondary N) is 1. The number of aliphatic carboxylic acids is 1. The molecule has 0 unspecified atom stereocenters. The van der Waals surface area contributed by atoms with E-state index in [2.05, 4.69) is 4.98 Å². The standard InChI is InChI=1S/C16H18N2O5/c1-22-12-2-3-13-10(6-12)7-14(17-13)16(21)18-4-5-23-9-11(18)8-15(19)20/h2-3,6-7,11,17H,4-5,8-9H2,1H3,(H,19,20)/t11-/m0/s1. The number of carbonyl (C=O) groups excluding carboxylic acids is 1. The molecule has 3 rings (SSSR count). The van der Waals surface area contributed by atoms with Crippen molar-refractivity contribution in [1.82, 2.24) is 9.88 Å². The fourth-order valence-electron chi connectivity index (χ4n) is 2.80. The van der Waals surface area contributed by atoms with Gasteiger partial charge in [0.1, 0.15) is 11.4 Å². The van der Waals surface area contributed by atoms with Gasteiger partial charge in [0, 0.05) is 17.4 Å². The zero-order valence-electron chi connectivity index (χ0n) is 12.7. The number of aromatic amines is 1. The van der Waals surface area contributed by atoms with Gasteiger partial charge in [0.2, 0.25) is 0 Å². The van der Waals surface area contributed by atoms with Crippen LogP contribution in [0.5, 0.6) is 5.75 Å². The molecule has 1 fully saturated rings. The molecule has 1 aromatic carbocycles. The maximum Gasteiger partial charge on any atom is 0.305 e. The SMILES string of the molecule is COc1ccc2[nH]c(C(=O)N3CCOC[C@@H]3CC(=O)O)cc2c1. The van der Waals surface area contributed by atoms with E-state index in [4.69, 9.17) is 14.6 Å². The number of nitrogens with zero attached hydrogens (tertiary/aromatic N) is 1. The Morgan fingerprint density at radius 1 is 1.43 bits per heavy atom. The number of morpholine rings is 1. The molecule has 1 amide bonds. The Hall–Kier alpha value is -2.54. The summed E-state index contributed by atoms with van der Waals surface area (Å²) in [4.78, 5) is 28.4. The van der Waals surface area contributed by atoms with Crippen LogP contribution in [0.4, 0.5) is 0 Å². The molecule has 0 bridgehead atoms. The molecule has 2 aromatic rings. The first-order valence-electron chi connectivity index (χ1n) is 7.36. The second kappa shape index (κ2) is 6.29. The van der Waals surface area contributed by atoms with Gasteiger partial charge < -0.3 is 24.5 Å². The smallest absolute Gasteiger partial charge is 0.305 e. The van der Waals surface area contributed by atoms with Gasteiger partial charge in [-0.05, 0) is 24.3 Å². The first-order valence-corrected chi connectivity index (χ1v) is 7.36. The third-order valence-electron chi connectivity index (χ3n) is 3.96.